The number of piperidine rings is 1. The molecule has 3 aromatic carbocycles. The molecule has 5 heteroatoms. The third-order valence-electron chi connectivity index (χ3n) is 10.6. The van der Waals surface area contributed by atoms with Gasteiger partial charge in [-0.3, -0.25) is 4.90 Å². The standard InChI is InChI=1S/C33H36N2O3/c1-37-27-12-11-24-21-28-33(36)16-13-26(35-19-15-23-9-5-6-10-25(23)35)31-32(33,29(24)30(27)38-31)17-20-34(28)18-14-22-7-3-2-4-8-22/h2-12,26,28,31,36H,13-21H2,1H3/t26-,28-,31+,32+,33?/m1/s1. The number of methoxy groups -OCH3 is 1. The average molecular weight is 509 g/mol. The zero-order valence-electron chi connectivity index (χ0n) is 22.1. The van der Waals surface area contributed by atoms with Crippen molar-refractivity contribution in [2.24, 2.45) is 0 Å². The lowest BCUT2D eigenvalue weighted by atomic mass is 9.48. The molecule has 1 unspecified atom stereocenters. The van der Waals surface area contributed by atoms with Crippen LogP contribution in [0.5, 0.6) is 11.5 Å². The van der Waals surface area contributed by atoms with E-state index in [9.17, 15) is 5.11 Å². The molecule has 196 valence electrons. The number of hydrogen-bond donors (Lipinski definition) is 1. The Morgan fingerprint density at radius 1 is 0.974 bits per heavy atom. The molecule has 5 atom stereocenters. The van der Waals surface area contributed by atoms with Gasteiger partial charge in [-0.05, 0) is 73.9 Å². The minimum Gasteiger partial charge on any atom is -0.493 e. The number of rotatable bonds is 5. The lowest BCUT2D eigenvalue weighted by molar-refractivity contribution is -0.188. The molecule has 5 aliphatic rings. The zero-order valence-corrected chi connectivity index (χ0v) is 22.1. The summed E-state index contributed by atoms with van der Waals surface area (Å²) in [4.78, 5) is 5.18. The number of anilines is 1. The van der Waals surface area contributed by atoms with Gasteiger partial charge in [-0.2, -0.15) is 0 Å². The van der Waals surface area contributed by atoms with E-state index in [1.807, 2.05) is 0 Å². The van der Waals surface area contributed by atoms with E-state index in [2.05, 4.69) is 76.5 Å². The second-order valence-corrected chi connectivity index (χ2v) is 12.0. The van der Waals surface area contributed by atoms with Crippen LogP contribution in [0.15, 0.2) is 66.7 Å². The van der Waals surface area contributed by atoms with Crippen molar-refractivity contribution in [1.82, 2.24) is 4.90 Å². The fourth-order valence-corrected chi connectivity index (χ4v) is 8.97. The van der Waals surface area contributed by atoms with Crippen molar-refractivity contribution in [3.63, 3.8) is 0 Å². The maximum atomic E-state index is 12.9. The highest BCUT2D eigenvalue weighted by Crippen LogP contribution is 2.66. The first kappa shape index (κ1) is 22.9. The van der Waals surface area contributed by atoms with Crippen molar-refractivity contribution in [1.29, 1.82) is 0 Å². The van der Waals surface area contributed by atoms with Crippen molar-refractivity contribution in [3.8, 4) is 11.5 Å². The van der Waals surface area contributed by atoms with Crippen LogP contribution in [0.2, 0.25) is 0 Å². The summed E-state index contributed by atoms with van der Waals surface area (Å²) in [5, 5.41) is 12.9. The normalized spacial score (nSPS) is 32.5. The molecule has 3 aliphatic heterocycles. The predicted octanol–water partition coefficient (Wildman–Crippen LogP) is 4.52. The van der Waals surface area contributed by atoms with E-state index < -0.39 is 11.0 Å². The molecule has 2 bridgehead atoms. The van der Waals surface area contributed by atoms with Gasteiger partial charge in [-0.1, -0.05) is 54.6 Å². The Balaban J connectivity index is 1.22. The van der Waals surface area contributed by atoms with Crippen LogP contribution in [0.4, 0.5) is 5.69 Å². The molecule has 1 saturated carbocycles. The quantitative estimate of drug-likeness (QED) is 0.549. The Morgan fingerprint density at radius 2 is 1.82 bits per heavy atom. The van der Waals surface area contributed by atoms with Crippen molar-refractivity contribution >= 4 is 5.69 Å². The van der Waals surface area contributed by atoms with Crippen LogP contribution in [0.25, 0.3) is 0 Å². The number of para-hydroxylation sites is 1. The Morgan fingerprint density at radius 3 is 2.68 bits per heavy atom. The monoisotopic (exact) mass is 508 g/mol. The lowest BCUT2D eigenvalue weighted by Crippen LogP contribution is -2.78. The van der Waals surface area contributed by atoms with E-state index >= 15 is 0 Å². The molecule has 1 saturated heterocycles. The highest BCUT2D eigenvalue weighted by Gasteiger charge is 2.73. The van der Waals surface area contributed by atoms with E-state index in [0.717, 1.165) is 69.7 Å². The summed E-state index contributed by atoms with van der Waals surface area (Å²) in [7, 11) is 1.74. The molecule has 3 heterocycles. The molecule has 5 nitrogen and oxygen atoms in total. The zero-order chi connectivity index (χ0) is 25.5. The maximum absolute atomic E-state index is 12.9. The van der Waals surface area contributed by atoms with Gasteiger partial charge in [0, 0.05) is 30.4 Å². The predicted molar refractivity (Wildman–Crippen MR) is 148 cm³/mol. The fourth-order valence-electron chi connectivity index (χ4n) is 8.97. The lowest BCUT2D eigenvalue weighted by Gasteiger charge is -2.65. The summed E-state index contributed by atoms with van der Waals surface area (Å²) < 4.78 is 12.9. The molecule has 8 rings (SSSR count). The number of fused-ring (bicyclic) bond motifs is 1. The Labute approximate surface area is 225 Å². The number of hydrogen-bond acceptors (Lipinski definition) is 5. The van der Waals surface area contributed by atoms with Gasteiger partial charge in [0.25, 0.3) is 0 Å². The minimum absolute atomic E-state index is 0.0865. The van der Waals surface area contributed by atoms with E-state index in [1.165, 1.54) is 27.9 Å². The van der Waals surface area contributed by atoms with Crippen LogP contribution >= 0.6 is 0 Å². The highest BCUT2D eigenvalue weighted by atomic mass is 16.5. The first-order chi connectivity index (χ1) is 18.6. The van der Waals surface area contributed by atoms with Gasteiger partial charge in [-0.25, -0.2) is 0 Å². The van der Waals surface area contributed by atoms with Crippen LogP contribution in [0.1, 0.15) is 41.5 Å². The summed E-state index contributed by atoms with van der Waals surface area (Å²) in [5.41, 5.74) is 5.51. The molecule has 1 N–H and O–H groups in total. The van der Waals surface area contributed by atoms with Gasteiger partial charge in [-0.15, -0.1) is 0 Å². The summed E-state index contributed by atoms with van der Waals surface area (Å²) in [6.07, 6.45) is 5.52. The number of aliphatic hydroxyl groups is 1. The van der Waals surface area contributed by atoms with Crippen LogP contribution in [-0.4, -0.2) is 60.5 Å². The van der Waals surface area contributed by atoms with Crippen molar-refractivity contribution in [3.05, 3.63) is 89.0 Å². The maximum Gasteiger partial charge on any atom is 0.166 e. The molecule has 2 aliphatic carbocycles. The number of nitrogens with zero attached hydrogens (tertiary/aromatic N) is 2. The van der Waals surface area contributed by atoms with Gasteiger partial charge < -0.3 is 19.5 Å². The smallest absolute Gasteiger partial charge is 0.166 e. The van der Waals surface area contributed by atoms with E-state index in [-0.39, 0.29) is 18.2 Å². The summed E-state index contributed by atoms with van der Waals surface area (Å²) in [6.45, 7) is 2.98. The number of ether oxygens (including phenoxy) is 2. The molecule has 0 aromatic heterocycles. The molecule has 1 spiro atoms. The largest absolute Gasteiger partial charge is 0.493 e. The topological polar surface area (TPSA) is 45.2 Å². The SMILES string of the molecule is COc1ccc2c3c1O[C@H]1[C@H](N4CCc5ccccc54)CCC4(O)[C@@H](C2)N(CCc2ccccc2)CC[C@]314. The first-order valence-corrected chi connectivity index (χ1v) is 14.4. The van der Waals surface area contributed by atoms with Gasteiger partial charge in [0.15, 0.2) is 11.5 Å². The van der Waals surface area contributed by atoms with Crippen LogP contribution in [0, 0.1) is 0 Å². The van der Waals surface area contributed by atoms with Crippen molar-refractivity contribution in [2.75, 3.05) is 31.6 Å². The van der Waals surface area contributed by atoms with Gasteiger partial charge in [0.1, 0.15) is 6.10 Å². The molecule has 0 amide bonds. The minimum atomic E-state index is -0.813. The second kappa shape index (κ2) is 8.24. The molecular weight excluding hydrogens is 472 g/mol. The van der Waals surface area contributed by atoms with Crippen LogP contribution < -0.4 is 14.4 Å². The Kier molecular flexibility index (Phi) is 4.97. The Bertz CT molecular complexity index is 1390. The fraction of sp³-hybridized carbons (Fsp3) is 0.455. The Hall–Kier alpha value is -3.02. The molecule has 3 aromatic rings. The number of benzene rings is 3. The van der Waals surface area contributed by atoms with E-state index in [4.69, 9.17) is 9.47 Å². The third kappa shape index (κ3) is 2.89. The second-order valence-electron chi connectivity index (χ2n) is 12.0. The highest BCUT2D eigenvalue weighted by molar-refractivity contribution is 5.65. The van der Waals surface area contributed by atoms with Crippen molar-refractivity contribution in [2.45, 2.75) is 67.7 Å². The van der Waals surface area contributed by atoms with E-state index in [1.54, 1.807) is 7.11 Å². The number of likely N-dealkylation sites (tertiary alicyclic amines) is 1. The average Bonchev–Trinajstić information content (AvgIpc) is 3.53. The molecule has 38 heavy (non-hydrogen) atoms. The van der Waals surface area contributed by atoms with E-state index in [0.29, 0.717) is 0 Å². The first-order valence-electron chi connectivity index (χ1n) is 14.4. The van der Waals surface area contributed by atoms with Crippen LogP contribution in [0.3, 0.4) is 0 Å². The molecular formula is C33H36N2O3. The summed E-state index contributed by atoms with van der Waals surface area (Å²) in [5.74, 6) is 1.70. The van der Waals surface area contributed by atoms with Gasteiger partial charge in [0.05, 0.1) is 24.2 Å². The van der Waals surface area contributed by atoms with Gasteiger partial charge in [0.2, 0.25) is 0 Å². The molecule has 2 fully saturated rings. The summed E-state index contributed by atoms with van der Waals surface area (Å²) in [6, 6.07) is 24.3. The van der Waals surface area contributed by atoms with Gasteiger partial charge >= 0.3 is 0 Å². The molecule has 0 radical (unpaired) electrons. The summed E-state index contributed by atoms with van der Waals surface area (Å²) >= 11 is 0. The third-order valence-corrected chi connectivity index (χ3v) is 10.6. The van der Waals surface area contributed by atoms with Crippen molar-refractivity contribution < 1.29 is 14.6 Å². The van der Waals surface area contributed by atoms with Crippen LogP contribution in [-0.2, 0) is 24.7 Å².